The lowest BCUT2D eigenvalue weighted by Gasteiger charge is -2.22. The number of fused-ring (bicyclic) bond motifs is 1. The Morgan fingerprint density at radius 2 is 2.14 bits per heavy atom. The normalized spacial score (nSPS) is 15.8. The van der Waals surface area contributed by atoms with Crippen LogP contribution in [0.15, 0.2) is 24.4 Å². The van der Waals surface area contributed by atoms with E-state index in [-0.39, 0.29) is 5.69 Å². The Bertz CT molecular complexity index is 671. The van der Waals surface area contributed by atoms with Crippen molar-refractivity contribution >= 4 is 16.7 Å². The minimum absolute atomic E-state index is 0.0152. The lowest BCUT2D eigenvalue weighted by atomic mass is 9.95. The maximum absolute atomic E-state index is 10.7. The fraction of sp³-hybridized carbons (Fsp3) is 0.467. The molecule has 0 spiro atoms. The van der Waals surface area contributed by atoms with Gasteiger partial charge in [0.1, 0.15) is 0 Å². The van der Waals surface area contributed by atoms with Crippen molar-refractivity contribution in [3.05, 3.63) is 34.5 Å². The van der Waals surface area contributed by atoms with Gasteiger partial charge in [-0.2, -0.15) is 0 Å². The summed E-state index contributed by atoms with van der Waals surface area (Å²) < 4.78 is 5.67. The summed E-state index contributed by atoms with van der Waals surface area (Å²) in [7, 11) is 0. The molecule has 0 radical (unpaired) electrons. The molecule has 0 atom stereocenters. The molecule has 0 aliphatic carbocycles. The van der Waals surface area contributed by atoms with Crippen LogP contribution in [0.4, 0.5) is 5.69 Å². The second kappa shape index (κ2) is 6.65. The molecule has 2 aromatic rings. The van der Waals surface area contributed by atoms with Crippen LogP contribution in [0.2, 0.25) is 0 Å². The monoisotopic (exact) mass is 302 g/mol. The Kier molecular flexibility index (Phi) is 4.43. The molecule has 2 heterocycles. The standard InChI is InChI=1S/C15H18N4O3/c20-19(21)12-1-2-13-14(9-12)17-10-15(18-13)22-8-5-11-3-6-16-7-4-11/h1-2,9-11,16H,3-8H2. The van der Waals surface area contributed by atoms with Crippen LogP contribution in [-0.2, 0) is 0 Å². The maximum Gasteiger partial charge on any atom is 0.271 e. The van der Waals surface area contributed by atoms with Crippen molar-refractivity contribution in [2.45, 2.75) is 19.3 Å². The molecule has 116 valence electrons. The van der Waals surface area contributed by atoms with Gasteiger partial charge >= 0.3 is 0 Å². The van der Waals surface area contributed by atoms with E-state index in [4.69, 9.17) is 4.74 Å². The van der Waals surface area contributed by atoms with Gasteiger partial charge in [0.25, 0.3) is 5.69 Å². The molecule has 3 rings (SSSR count). The van der Waals surface area contributed by atoms with Crippen LogP contribution in [0.1, 0.15) is 19.3 Å². The summed E-state index contributed by atoms with van der Waals surface area (Å²) in [5, 5.41) is 14.1. The molecule has 1 aliphatic rings. The minimum atomic E-state index is -0.440. The molecule has 0 saturated carbocycles. The van der Waals surface area contributed by atoms with Crippen molar-refractivity contribution < 1.29 is 9.66 Å². The molecule has 7 nitrogen and oxygen atoms in total. The van der Waals surface area contributed by atoms with Crippen LogP contribution in [0.3, 0.4) is 0 Å². The molecule has 1 aromatic carbocycles. The van der Waals surface area contributed by atoms with Gasteiger partial charge in [0, 0.05) is 12.1 Å². The third-order valence-electron chi connectivity index (χ3n) is 3.95. The van der Waals surface area contributed by atoms with E-state index in [9.17, 15) is 10.1 Å². The van der Waals surface area contributed by atoms with E-state index in [1.807, 2.05) is 0 Å². The molecule has 7 heteroatoms. The highest BCUT2D eigenvalue weighted by molar-refractivity contribution is 5.77. The van der Waals surface area contributed by atoms with Gasteiger partial charge in [0.2, 0.25) is 5.88 Å². The number of nitrogens with zero attached hydrogens (tertiary/aromatic N) is 3. The van der Waals surface area contributed by atoms with E-state index in [2.05, 4.69) is 15.3 Å². The first kappa shape index (κ1) is 14.6. The number of aromatic nitrogens is 2. The van der Waals surface area contributed by atoms with Gasteiger partial charge in [-0.05, 0) is 44.3 Å². The van der Waals surface area contributed by atoms with Crippen LogP contribution in [0, 0.1) is 16.0 Å². The smallest absolute Gasteiger partial charge is 0.271 e. The number of rotatable bonds is 5. The number of nitro groups is 1. The fourth-order valence-electron chi connectivity index (χ4n) is 2.67. The highest BCUT2D eigenvalue weighted by atomic mass is 16.6. The summed E-state index contributed by atoms with van der Waals surface area (Å²) in [5.41, 5.74) is 1.12. The number of hydrogen-bond acceptors (Lipinski definition) is 6. The Labute approximate surface area is 127 Å². The van der Waals surface area contributed by atoms with Gasteiger partial charge in [0.15, 0.2) is 0 Å². The number of nitro benzene ring substituents is 1. The van der Waals surface area contributed by atoms with Gasteiger partial charge in [-0.3, -0.25) is 10.1 Å². The van der Waals surface area contributed by atoms with Gasteiger partial charge in [-0.25, -0.2) is 9.97 Å². The van der Waals surface area contributed by atoms with Crippen molar-refractivity contribution in [3.8, 4) is 5.88 Å². The van der Waals surface area contributed by atoms with Crippen molar-refractivity contribution in [1.29, 1.82) is 0 Å². The number of hydrogen-bond donors (Lipinski definition) is 1. The molecule has 1 fully saturated rings. The van der Waals surface area contributed by atoms with Crippen LogP contribution in [0.5, 0.6) is 5.88 Å². The predicted octanol–water partition coefficient (Wildman–Crippen LogP) is 2.31. The summed E-state index contributed by atoms with van der Waals surface area (Å²) in [6.45, 7) is 2.79. The summed E-state index contributed by atoms with van der Waals surface area (Å²) in [6.07, 6.45) is 4.92. The topological polar surface area (TPSA) is 90.2 Å². The average molecular weight is 302 g/mol. The number of benzene rings is 1. The van der Waals surface area contributed by atoms with Gasteiger partial charge < -0.3 is 10.1 Å². The Morgan fingerprint density at radius 3 is 2.91 bits per heavy atom. The molecule has 0 amide bonds. The van der Waals surface area contributed by atoms with Gasteiger partial charge in [-0.15, -0.1) is 0 Å². The van der Waals surface area contributed by atoms with E-state index in [1.165, 1.54) is 31.2 Å². The first-order valence-corrected chi connectivity index (χ1v) is 7.47. The molecular formula is C15H18N4O3. The highest BCUT2D eigenvalue weighted by Gasteiger charge is 2.13. The van der Waals surface area contributed by atoms with Crippen molar-refractivity contribution in [3.63, 3.8) is 0 Å². The Hall–Kier alpha value is -2.28. The third-order valence-corrected chi connectivity index (χ3v) is 3.95. The fourth-order valence-corrected chi connectivity index (χ4v) is 2.67. The van der Waals surface area contributed by atoms with Gasteiger partial charge in [-0.1, -0.05) is 0 Å². The number of nitrogens with one attached hydrogen (secondary N) is 1. The van der Waals surface area contributed by atoms with E-state index in [0.717, 1.165) is 19.5 Å². The number of ether oxygens (including phenoxy) is 1. The third kappa shape index (κ3) is 3.48. The lowest BCUT2D eigenvalue weighted by molar-refractivity contribution is -0.384. The zero-order valence-corrected chi connectivity index (χ0v) is 12.2. The molecule has 22 heavy (non-hydrogen) atoms. The highest BCUT2D eigenvalue weighted by Crippen LogP contribution is 2.20. The summed E-state index contributed by atoms with van der Waals surface area (Å²) in [5.74, 6) is 1.17. The van der Waals surface area contributed by atoms with Crippen LogP contribution < -0.4 is 10.1 Å². The molecule has 1 N–H and O–H groups in total. The summed E-state index contributed by atoms with van der Waals surface area (Å²) in [6, 6.07) is 4.44. The SMILES string of the molecule is O=[N+]([O-])c1ccc2nc(OCCC3CCNCC3)cnc2c1. The Balaban J connectivity index is 1.62. The second-order valence-electron chi connectivity index (χ2n) is 5.47. The quantitative estimate of drug-likeness (QED) is 0.673. The number of piperidine rings is 1. The summed E-state index contributed by atoms with van der Waals surface area (Å²) in [4.78, 5) is 18.8. The maximum atomic E-state index is 10.7. The lowest BCUT2D eigenvalue weighted by Crippen LogP contribution is -2.28. The molecule has 1 aromatic heterocycles. The molecule has 1 saturated heterocycles. The minimum Gasteiger partial charge on any atom is -0.477 e. The van der Waals surface area contributed by atoms with Crippen LogP contribution in [-0.4, -0.2) is 34.6 Å². The largest absolute Gasteiger partial charge is 0.477 e. The summed E-state index contributed by atoms with van der Waals surface area (Å²) >= 11 is 0. The van der Waals surface area contributed by atoms with Gasteiger partial charge in [0.05, 0.1) is 28.8 Å². The Morgan fingerprint density at radius 1 is 1.32 bits per heavy atom. The van der Waals surface area contributed by atoms with E-state index >= 15 is 0 Å². The second-order valence-corrected chi connectivity index (χ2v) is 5.47. The van der Waals surface area contributed by atoms with Crippen LogP contribution in [0.25, 0.3) is 11.0 Å². The first-order valence-electron chi connectivity index (χ1n) is 7.47. The molecule has 0 bridgehead atoms. The van der Waals surface area contributed by atoms with Crippen molar-refractivity contribution in [1.82, 2.24) is 15.3 Å². The molecule has 0 unspecified atom stereocenters. The van der Waals surface area contributed by atoms with Crippen molar-refractivity contribution in [2.24, 2.45) is 5.92 Å². The molecular weight excluding hydrogens is 284 g/mol. The molecule has 1 aliphatic heterocycles. The number of non-ortho nitro benzene ring substituents is 1. The predicted molar refractivity (Wildman–Crippen MR) is 81.9 cm³/mol. The van der Waals surface area contributed by atoms with E-state index in [1.54, 1.807) is 6.07 Å². The zero-order chi connectivity index (χ0) is 15.4. The van der Waals surface area contributed by atoms with Crippen LogP contribution >= 0.6 is 0 Å². The zero-order valence-electron chi connectivity index (χ0n) is 12.2. The van der Waals surface area contributed by atoms with Crippen molar-refractivity contribution in [2.75, 3.05) is 19.7 Å². The van der Waals surface area contributed by atoms with E-state index < -0.39 is 4.92 Å². The first-order chi connectivity index (χ1) is 10.7. The van der Waals surface area contributed by atoms with E-state index in [0.29, 0.717) is 29.4 Å². The average Bonchev–Trinajstić information content (AvgIpc) is 2.55.